The van der Waals surface area contributed by atoms with E-state index in [9.17, 15) is 4.79 Å². The number of nitrogens with zero attached hydrogens (tertiary/aromatic N) is 3. The third kappa shape index (κ3) is 4.15. The maximum Gasteiger partial charge on any atom is 0.292 e. The number of methoxy groups -OCH3 is 1. The van der Waals surface area contributed by atoms with Gasteiger partial charge in [0.25, 0.3) is 5.56 Å². The highest BCUT2D eigenvalue weighted by Crippen LogP contribution is 2.30. The quantitative estimate of drug-likeness (QED) is 0.484. The molecule has 0 saturated heterocycles. The van der Waals surface area contributed by atoms with Crippen molar-refractivity contribution >= 4 is 23.5 Å². The Morgan fingerprint density at radius 3 is 2.71 bits per heavy atom. The molecule has 28 heavy (non-hydrogen) atoms. The highest BCUT2D eigenvalue weighted by molar-refractivity contribution is 6.32. The smallest absolute Gasteiger partial charge is 0.292 e. The summed E-state index contributed by atoms with van der Waals surface area (Å²) in [5.41, 5.74) is 3.95. The third-order valence-corrected chi connectivity index (χ3v) is 4.19. The lowest BCUT2D eigenvalue weighted by atomic mass is 10.2. The fraction of sp³-hybridized carbons (Fsp3) is 0.150. The molecule has 0 aliphatic rings. The van der Waals surface area contributed by atoms with E-state index in [1.165, 1.54) is 10.9 Å². The fourth-order valence-corrected chi connectivity index (χ4v) is 2.73. The molecule has 7 nitrogen and oxygen atoms in total. The number of benzene rings is 2. The van der Waals surface area contributed by atoms with Crippen LogP contribution in [0.4, 0.5) is 5.69 Å². The first-order valence-corrected chi connectivity index (χ1v) is 8.95. The van der Waals surface area contributed by atoms with Crippen molar-refractivity contribution in [2.45, 2.75) is 6.92 Å². The maximum atomic E-state index is 12.5. The molecule has 2 aromatic carbocycles. The van der Waals surface area contributed by atoms with Crippen molar-refractivity contribution in [1.82, 2.24) is 9.78 Å². The van der Waals surface area contributed by atoms with Gasteiger partial charge in [-0.3, -0.25) is 10.2 Å². The van der Waals surface area contributed by atoms with Gasteiger partial charge in [0.15, 0.2) is 11.5 Å². The van der Waals surface area contributed by atoms with Gasteiger partial charge in [0.05, 0.1) is 31.8 Å². The molecule has 0 unspecified atom stereocenters. The molecule has 0 radical (unpaired) electrons. The Labute approximate surface area is 167 Å². The summed E-state index contributed by atoms with van der Waals surface area (Å²) >= 11 is 6.20. The normalized spacial score (nSPS) is 10.8. The van der Waals surface area contributed by atoms with Gasteiger partial charge in [-0.2, -0.15) is 14.9 Å². The lowest BCUT2D eigenvalue weighted by Gasteiger charge is -2.11. The number of anilines is 1. The summed E-state index contributed by atoms with van der Waals surface area (Å²) in [5, 5.41) is 8.28. The molecule has 1 aromatic heterocycles. The molecule has 0 aliphatic heterocycles. The maximum absolute atomic E-state index is 12.5. The molecule has 1 N–H and O–H groups in total. The molecule has 144 valence electrons. The minimum Gasteiger partial charge on any atom is -0.492 e. The number of ether oxygens (including phenoxy) is 2. The fourth-order valence-electron chi connectivity index (χ4n) is 2.56. The van der Waals surface area contributed by atoms with Crippen LogP contribution in [0.5, 0.6) is 11.5 Å². The third-order valence-electron chi connectivity index (χ3n) is 3.82. The van der Waals surface area contributed by atoms with Crippen LogP contribution >= 0.6 is 11.6 Å². The Balaban J connectivity index is 1.83. The zero-order valence-electron chi connectivity index (χ0n) is 15.4. The Kier molecular flexibility index (Phi) is 6.29. The first-order chi connectivity index (χ1) is 13.7. The molecule has 0 amide bonds. The molecule has 0 aliphatic carbocycles. The van der Waals surface area contributed by atoms with Crippen molar-refractivity contribution in [1.29, 1.82) is 0 Å². The average molecular weight is 399 g/mol. The van der Waals surface area contributed by atoms with Crippen molar-refractivity contribution < 1.29 is 9.47 Å². The van der Waals surface area contributed by atoms with Crippen LogP contribution in [0, 0.1) is 0 Å². The van der Waals surface area contributed by atoms with Gasteiger partial charge in [-0.25, -0.2) is 0 Å². The summed E-state index contributed by atoms with van der Waals surface area (Å²) in [6, 6.07) is 14.5. The lowest BCUT2D eigenvalue weighted by Crippen LogP contribution is -2.22. The average Bonchev–Trinajstić information content (AvgIpc) is 2.72. The van der Waals surface area contributed by atoms with Crippen molar-refractivity contribution in [3.8, 4) is 17.2 Å². The molecule has 0 bridgehead atoms. The Morgan fingerprint density at radius 1 is 1.21 bits per heavy atom. The molecule has 8 heteroatoms. The van der Waals surface area contributed by atoms with E-state index >= 15 is 0 Å². The van der Waals surface area contributed by atoms with Gasteiger partial charge in [-0.05, 0) is 31.2 Å². The Hall–Kier alpha value is -3.32. The van der Waals surface area contributed by atoms with Crippen molar-refractivity contribution in [2.75, 3.05) is 19.1 Å². The van der Waals surface area contributed by atoms with Crippen LogP contribution in [0.25, 0.3) is 5.69 Å². The van der Waals surface area contributed by atoms with Gasteiger partial charge in [0.2, 0.25) is 0 Å². The molecule has 0 saturated carbocycles. The number of rotatable bonds is 7. The van der Waals surface area contributed by atoms with E-state index in [0.717, 1.165) is 0 Å². The van der Waals surface area contributed by atoms with Gasteiger partial charge in [0.1, 0.15) is 10.7 Å². The van der Waals surface area contributed by atoms with Crippen LogP contribution in [-0.4, -0.2) is 29.7 Å². The number of hydrogen-bond donors (Lipinski definition) is 1. The van der Waals surface area contributed by atoms with Gasteiger partial charge in [-0.1, -0.05) is 35.9 Å². The zero-order valence-corrected chi connectivity index (χ0v) is 16.2. The summed E-state index contributed by atoms with van der Waals surface area (Å²) in [6.07, 6.45) is 3.00. The molecular weight excluding hydrogens is 380 g/mol. The summed E-state index contributed by atoms with van der Waals surface area (Å²) < 4.78 is 12.2. The lowest BCUT2D eigenvalue weighted by molar-refractivity contribution is 0.311. The summed E-state index contributed by atoms with van der Waals surface area (Å²) in [4.78, 5) is 12.5. The predicted octanol–water partition coefficient (Wildman–Crippen LogP) is 3.74. The predicted molar refractivity (Wildman–Crippen MR) is 110 cm³/mol. The monoisotopic (exact) mass is 398 g/mol. The SMILES string of the molecule is CCOc1cccc(/C=N\Nc2cnn(-c3ccccc3)c(=O)c2Cl)c1OC. The van der Waals surface area contributed by atoms with Gasteiger partial charge >= 0.3 is 0 Å². The number of para-hydroxylation sites is 2. The minimum absolute atomic E-state index is 0.00830. The standard InChI is InChI=1S/C20H19ClN4O3/c1-3-28-17-11-7-8-14(19(17)27-2)12-22-24-16-13-23-25(20(26)18(16)21)15-9-5-4-6-10-15/h4-13,24H,3H2,1-2H3/b22-12-. The summed E-state index contributed by atoms with van der Waals surface area (Å²) in [5.74, 6) is 1.19. The van der Waals surface area contributed by atoms with Crippen LogP contribution in [0.3, 0.4) is 0 Å². The molecule has 0 fully saturated rings. The second kappa shape index (κ2) is 9.05. The zero-order chi connectivity index (χ0) is 19.9. The molecule has 0 atom stereocenters. The van der Waals surface area contributed by atoms with Gasteiger partial charge < -0.3 is 9.47 Å². The summed E-state index contributed by atoms with van der Waals surface area (Å²) in [6.45, 7) is 2.42. The second-order valence-corrected chi connectivity index (χ2v) is 5.98. The highest BCUT2D eigenvalue weighted by atomic mass is 35.5. The number of hydrazone groups is 1. The van der Waals surface area contributed by atoms with E-state index < -0.39 is 5.56 Å². The van der Waals surface area contributed by atoms with Crippen LogP contribution in [0.2, 0.25) is 5.02 Å². The van der Waals surface area contributed by atoms with E-state index in [1.54, 1.807) is 25.5 Å². The molecular formula is C20H19ClN4O3. The van der Waals surface area contributed by atoms with Crippen molar-refractivity contribution in [2.24, 2.45) is 5.10 Å². The van der Waals surface area contributed by atoms with Crippen molar-refractivity contribution in [3.63, 3.8) is 0 Å². The number of nitrogens with one attached hydrogen (secondary N) is 1. The molecule has 0 spiro atoms. The molecule has 1 heterocycles. The van der Waals surface area contributed by atoms with E-state index in [1.807, 2.05) is 43.3 Å². The van der Waals surface area contributed by atoms with Gasteiger partial charge in [-0.15, -0.1) is 0 Å². The molecule has 3 aromatic rings. The van der Waals surface area contributed by atoms with Crippen LogP contribution in [0.15, 0.2) is 64.6 Å². The molecule has 3 rings (SSSR count). The Bertz CT molecular complexity index is 1040. The van der Waals surface area contributed by atoms with Crippen LogP contribution in [-0.2, 0) is 0 Å². The second-order valence-electron chi connectivity index (χ2n) is 5.61. The van der Waals surface area contributed by atoms with E-state index in [-0.39, 0.29) is 5.02 Å². The van der Waals surface area contributed by atoms with Crippen LogP contribution in [0.1, 0.15) is 12.5 Å². The summed E-state index contributed by atoms with van der Waals surface area (Å²) in [7, 11) is 1.56. The van der Waals surface area contributed by atoms with Crippen LogP contribution < -0.4 is 20.5 Å². The first-order valence-electron chi connectivity index (χ1n) is 8.57. The topological polar surface area (TPSA) is 77.7 Å². The number of halogens is 1. The minimum atomic E-state index is -0.441. The van der Waals surface area contributed by atoms with E-state index in [0.29, 0.717) is 35.0 Å². The van der Waals surface area contributed by atoms with E-state index in [4.69, 9.17) is 21.1 Å². The first kappa shape index (κ1) is 19.4. The number of hydrogen-bond acceptors (Lipinski definition) is 6. The van der Waals surface area contributed by atoms with E-state index in [2.05, 4.69) is 15.6 Å². The largest absolute Gasteiger partial charge is 0.492 e. The Morgan fingerprint density at radius 2 is 2.00 bits per heavy atom. The van der Waals surface area contributed by atoms with Crippen molar-refractivity contribution in [3.05, 3.63) is 75.7 Å². The number of aromatic nitrogens is 2. The van der Waals surface area contributed by atoms with Gasteiger partial charge in [0, 0.05) is 5.56 Å². The highest BCUT2D eigenvalue weighted by Gasteiger charge is 2.11.